The van der Waals surface area contributed by atoms with Gasteiger partial charge in [0, 0.05) is 4.47 Å². The lowest BCUT2D eigenvalue weighted by atomic mass is 10.2. The second-order valence-electron chi connectivity index (χ2n) is 5.99. The van der Waals surface area contributed by atoms with Gasteiger partial charge in [0.05, 0.1) is 7.11 Å². The number of esters is 1. The summed E-state index contributed by atoms with van der Waals surface area (Å²) in [5, 5.41) is 0.0721. The van der Waals surface area contributed by atoms with E-state index in [1.165, 1.54) is 7.11 Å². The highest BCUT2D eigenvalue weighted by Gasteiger charge is 2.39. The van der Waals surface area contributed by atoms with E-state index in [1.807, 2.05) is 12.1 Å². The molecule has 106 valence electrons. The molecule has 0 aliphatic heterocycles. The van der Waals surface area contributed by atoms with E-state index in [-0.39, 0.29) is 11.0 Å². The second-order valence-corrected chi connectivity index (χ2v) is 11.6. The van der Waals surface area contributed by atoms with Crippen LogP contribution in [0.3, 0.4) is 0 Å². The van der Waals surface area contributed by atoms with Gasteiger partial charge in [0.25, 0.3) is 8.32 Å². The molecule has 0 saturated carbocycles. The lowest BCUT2D eigenvalue weighted by Gasteiger charge is -2.36. The molecule has 0 aromatic heterocycles. The largest absolute Gasteiger partial charge is 0.543 e. The van der Waals surface area contributed by atoms with Crippen molar-refractivity contribution in [2.24, 2.45) is 0 Å². The fourth-order valence-corrected chi connectivity index (χ4v) is 2.65. The predicted molar refractivity (Wildman–Crippen MR) is 83.3 cm³/mol. The molecule has 1 aromatic carbocycles. The van der Waals surface area contributed by atoms with Crippen molar-refractivity contribution in [3.8, 4) is 5.75 Å². The summed E-state index contributed by atoms with van der Waals surface area (Å²) in [6.45, 7) is 10.8. The molecule has 0 bridgehead atoms. The van der Waals surface area contributed by atoms with Crippen molar-refractivity contribution < 1.29 is 14.0 Å². The molecular weight excluding hydrogens is 324 g/mol. The Morgan fingerprint density at radius 3 is 2.32 bits per heavy atom. The first-order valence-electron chi connectivity index (χ1n) is 6.15. The van der Waals surface area contributed by atoms with Crippen LogP contribution in [0.25, 0.3) is 0 Å². The maximum atomic E-state index is 11.8. The SMILES string of the molecule is COC(=O)c1ccc(Br)cc1O[Si](C)(C)C(C)(C)C. The van der Waals surface area contributed by atoms with E-state index in [0.29, 0.717) is 11.3 Å². The number of rotatable bonds is 3. The molecular formula is C14H21BrO3Si. The van der Waals surface area contributed by atoms with Crippen molar-refractivity contribution in [1.29, 1.82) is 0 Å². The van der Waals surface area contributed by atoms with Crippen LogP contribution in [0.1, 0.15) is 31.1 Å². The first-order valence-corrected chi connectivity index (χ1v) is 9.85. The fraction of sp³-hybridized carbons (Fsp3) is 0.500. The molecule has 0 atom stereocenters. The summed E-state index contributed by atoms with van der Waals surface area (Å²) in [5.74, 6) is 0.217. The van der Waals surface area contributed by atoms with Gasteiger partial charge in [-0.15, -0.1) is 0 Å². The topological polar surface area (TPSA) is 35.5 Å². The maximum Gasteiger partial charge on any atom is 0.341 e. The van der Waals surface area contributed by atoms with Gasteiger partial charge in [-0.25, -0.2) is 4.79 Å². The number of methoxy groups -OCH3 is 1. The summed E-state index contributed by atoms with van der Waals surface area (Å²) in [6, 6.07) is 5.36. The zero-order valence-corrected chi connectivity index (χ0v) is 14.9. The normalized spacial score (nSPS) is 12.2. The number of halogens is 1. The van der Waals surface area contributed by atoms with E-state index in [4.69, 9.17) is 9.16 Å². The Kier molecular flexibility index (Phi) is 4.85. The van der Waals surface area contributed by atoms with Gasteiger partial charge in [-0.1, -0.05) is 36.7 Å². The first-order chi connectivity index (χ1) is 8.58. The Bertz CT molecular complexity index is 478. The van der Waals surface area contributed by atoms with E-state index in [1.54, 1.807) is 6.07 Å². The van der Waals surface area contributed by atoms with Gasteiger partial charge in [-0.2, -0.15) is 0 Å². The highest BCUT2D eigenvalue weighted by molar-refractivity contribution is 9.10. The molecule has 5 heteroatoms. The van der Waals surface area contributed by atoms with Crippen molar-refractivity contribution in [3.05, 3.63) is 28.2 Å². The summed E-state index contributed by atoms with van der Waals surface area (Å²) in [7, 11) is -0.612. The van der Waals surface area contributed by atoms with Crippen molar-refractivity contribution in [2.75, 3.05) is 7.11 Å². The van der Waals surface area contributed by atoms with Gasteiger partial charge in [-0.3, -0.25) is 0 Å². The monoisotopic (exact) mass is 344 g/mol. The minimum atomic E-state index is -1.99. The van der Waals surface area contributed by atoms with Gasteiger partial charge >= 0.3 is 5.97 Å². The molecule has 0 aliphatic carbocycles. The minimum Gasteiger partial charge on any atom is -0.543 e. The summed E-state index contributed by atoms with van der Waals surface area (Å²) in [6.07, 6.45) is 0. The Morgan fingerprint density at radius 1 is 1.26 bits per heavy atom. The Morgan fingerprint density at radius 2 is 1.84 bits per heavy atom. The van der Waals surface area contributed by atoms with Gasteiger partial charge in [-0.05, 0) is 36.3 Å². The van der Waals surface area contributed by atoms with Crippen LogP contribution in [-0.2, 0) is 4.74 Å². The van der Waals surface area contributed by atoms with Crippen LogP contribution in [-0.4, -0.2) is 21.4 Å². The van der Waals surface area contributed by atoms with Crippen LogP contribution < -0.4 is 4.43 Å². The first kappa shape index (κ1) is 16.2. The van der Waals surface area contributed by atoms with E-state index < -0.39 is 8.32 Å². The number of ether oxygens (including phenoxy) is 1. The van der Waals surface area contributed by atoms with E-state index in [9.17, 15) is 4.79 Å². The molecule has 0 fully saturated rings. The van der Waals surface area contributed by atoms with Crippen LogP contribution in [0.5, 0.6) is 5.75 Å². The minimum absolute atomic E-state index is 0.0721. The predicted octanol–water partition coefficient (Wildman–Crippen LogP) is 4.62. The Hall–Kier alpha value is -0.813. The van der Waals surface area contributed by atoms with E-state index in [0.717, 1.165) is 4.47 Å². The lowest BCUT2D eigenvalue weighted by molar-refractivity contribution is 0.0598. The van der Waals surface area contributed by atoms with Crippen LogP contribution in [0.4, 0.5) is 0 Å². The Balaban J connectivity index is 3.20. The molecule has 0 N–H and O–H groups in total. The number of benzene rings is 1. The smallest absolute Gasteiger partial charge is 0.341 e. The van der Waals surface area contributed by atoms with Crippen LogP contribution in [0.15, 0.2) is 22.7 Å². The van der Waals surface area contributed by atoms with Gasteiger partial charge in [0.2, 0.25) is 0 Å². The van der Waals surface area contributed by atoms with E-state index in [2.05, 4.69) is 49.8 Å². The van der Waals surface area contributed by atoms with Crippen LogP contribution in [0.2, 0.25) is 18.1 Å². The molecule has 1 rings (SSSR count). The number of carbonyl (C=O) groups is 1. The molecule has 3 nitrogen and oxygen atoms in total. The summed E-state index contributed by atoms with van der Waals surface area (Å²) in [4.78, 5) is 11.8. The molecule has 0 heterocycles. The van der Waals surface area contributed by atoms with Crippen LogP contribution >= 0.6 is 15.9 Å². The molecule has 0 spiro atoms. The quantitative estimate of drug-likeness (QED) is 0.592. The molecule has 0 saturated heterocycles. The molecule has 19 heavy (non-hydrogen) atoms. The van der Waals surface area contributed by atoms with Crippen molar-refractivity contribution in [2.45, 2.75) is 38.9 Å². The molecule has 0 amide bonds. The third-order valence-corrected chi connectivity index (χ3v) is 8.36. The second kappa shape index (κ2) is 5.67. The average molecular weight is 345 g/mol. The molecule has 1 aromatic rings. The van der Waals surface area contributed by atoms with Gasteiger partial charge in [0.15, 0.2) is 0 Å². The fourth-order valence-electron chi connectivity index (χ4n) is 1.29. The molecule has 0 aliphatic rings. The molecule has 0 radical (unpaired) electrons. The summed E-state index contributed by atoms with van der Waals surface area (Å²) < 4.78 is 11.9. The van der Waals surface area contributed by atoms with Gasteiger partial charge in [0.1, 0.15) is 11.3 Å². The summed E-state index contributed by atoms with van der Waals surface area (Å²) in [5.41, 5.74) is 0.468. The van der Waals surface area contributed by atoms with Gasteiger partial charge < -0.3 is 9.16 Å². The zero-order chi connectivity index (χ0) is 14.8. The molecule has 0 unspecified atom stereocenters. The standard InChI is InChI=1S/C14H21BrO3Si/c1-14(2,3)19(5,6)18-12-9-10(15)7-8-11(12)13(16)17-4/h7-9H,1-6H3. The summed E-state index contributed by atoms with van der Waals surface area (Å²) >= 11 is 3.41. The van der Waals surface area contributed by atoms with Crippen molar-refractivity contribution >= 4 is 30.2 Å². The van der Waals surface area contributed by atoms with Crippen molar-refractivity contribution in [1.82, 2.24) is 0 Å². The number of carbonyl (C=O) groups excluding carboxylic acids is 1. The number of hydrogen-bond donors (Lipinski definition) is 0. The van der Waals surface area contributed by atoms with E-state index >= 15 is 0 Å². The van der Waals surface area contributed by atoms with Crippen molar-refractivity contribution in [3.63, 3.8) is 0 Å². The number of hydrogen-bond acceptors (Lipinski definition) is 3. The zero-order valence-electron chi connectivity index (χ0n) is 12.3. The average Bonchev–Trinajstić information content (AvgIpc) is 2.26. The highest BCUT2D eigenvalue weighted by atomic mass is 79.9. The third kappa shape index (κ3) is 3.83. The van der Waals surface area contributed by atoms with Crippen LogP contribution in [0, 0.1) is 0 Å². The Labute approximate surface area is 124 Å². The highest BCUT2D eigenvalue weighted by Crippen LogP contribution is 2.38. The lowest BCUT2D eigenvalue weighted by Crippen LogP contribution is -2.44. The maximum absolute atomic E-state index is 11.8. The third-order valence-electron chi connectivity index (χ3n) is 3.52.